The number of aliphatic hydroxyl groups excluding tert-OH is 1. The van der Waals surface area contributed by atoms with E-state index in [0.29, 0.717) is 25.1 Å². The van der Waals surface area contributed by atoms with Crippen molar-refractivity contribution in [1.29, 1.82) is 0 Å². The van der Waals surface area contributed by atoms with Gasteiger partial charge < -0.3 is 10.0 Å². The largest absolute Gasteiger partial charge is 0.419 e. The second-order valence-corrected chi connectivity index (χ2v) is 5.59. The molecule has 0 aliphatic carbocycles. The Bertz CT molecular complexity index is 557. The SMILES string of the molecule is CC(O)C1CCCN(C(=O)c2ccc(F)c(C(F)(F)F)c2)C1. The molecule has 122 valence electrons. The first-order chi connectivity index (χ1) is 10.2. The maximum absolute atomic E-state index is 13.3. The van der Waals surface area contributed by atoms with Crippen molar-refractivity contribution in [2.24, 2.45) is 5.92 Å². The molecule has 1 saturated heterocycles. The summed E-state index contributed by atoms with van der Waals surface area (Å²) in [6, 6.07) is 2.26. The van der Waals surface area contributed by atoms with Crippen LogP contribution in [0.5, 0.6) is 0 Å². The van der Waals surface area contributed by atoms with Gasteiger partial charge in [0.2, 0.25) is 0 Å². The predicted molar refractivity (Wildman–Crippen MR) is 71.7 cm³/mol. The van der Waals surface area contributed by atoms with Crippen molar-refractivity contribution >= 4 is 5.91 Å². The number of amides is 1. The lowest BCUT2D eigenvalue weighted by atomic mass is 9.93. The van der Waals surface area contributed by atoms with E-state index in [9.17, 15) is 27.5 Å². The fourth-order valence-electron chi connectivity index (χ4n) is 2.65. The van der Waals surface area contributed by atoms with E-state index < -0.39 is 29.6 Å². The number of alkyl halides is 3. The van der Waals surface area contributed by atoms with E-state index >= 15 is 0 Å². The Labute approximate surface area is 125 Å². The molecule has 22 heavy (non-hydrogen) atoms. The van der Waals surface area contributed by atoms with E-state index in [2.05, 4.69) is 0 Å². The first-order valence-corrected chi connectivity index (χ1v) is 7.04. The smallest absolute Gasteiger partial charge is 0.393 e. The summed E-state index contributed by atoms with van der Waals surface area (Å²) >= 11 is 0. The molecule has 1 aliphatic rings. The van der Waals surface area contributed by atoms with Crippen LogP contribution in [0.3, 0.4) is 0 Å². The molecule has 0 saturated carbocycles. The van der Waals surface area contributed by atoms with Gasteiger partial charge in [-0.1, -0.05) is 0 Å². The van der Waals surface area contributed by atoms with Gasteiger partial charge >= 0.3 is 6.18 Å². The number of piperidine rings is 1. The molecule has 0 radical (unpaired) electrons. The quantitative estimate of drug-likeness (QED) is 0.851. The number of carbonyl (C=O) groups excluding carboxylic acids is 1. The normalized spacial score (nSPS) is 20.8. The second kappa shape index (κ2) is 6.24. The van der Waals surface area contributed by atoms with Crippen molar-refractivity contribution in [3.05, 3.63) is 35.1 Å². The molecule has 1 fully saturated rings. The third kappa shape index (κ3) is 3.58. The van der Waals surface area contributed by atoms with Crippen LogP contribution in [0.25, 0.3) is 0 Å². The zero-order valence-electron chi connectivity index (χ0n) is 12.0. The molecule has 0 spiro atoms. The summed E-state index contributed by atoms with van der Waals surface area (Å²) in [7, 11) is 0. The minimum Gasteiger partial charge on any atom is -0.393 e. The fraction of sp³-hybridized carbons (Fsp3) is 0.533. The minimum absolute atomic E-state index is 0.0970. The highest BCUT2D eigenvalue weighted by Gasteiger charge is 2.35. The number of hydrogen-bond donors (Lipinski definition) is 1. The molecular formula is C15H17F4NO2. The van der Waals surface area contributed by atoms with E-state index in [-0.39, 0.29) is 18.0 Å². The molecule has 1 aliphatic heterocycles. The van der Waals surface area contributed by atoms with Gasteiger partial charge in [0.05, 0.1) is 11.7 Å². The lowest BCUT2D eigenvalue weighted by Gasteiger charge is -2.34. The molecule has 7 heteroatoms. The van der Waals surface area contributed by atoms with Crippen LogP contribution in [0, 0.1) is 11.7 Å². The third-order valence-electron chi connectivity index (χ3n) is 3.95. The fourth-order valence-corrected chi connectivity index (χ4v) is 2.65. The lowest BCUT2D eigenvalue weighted by molar-refractivity contribution is -0.140. The maximum Gasteiger partial charge on any atom is 0.419 e. The number of carbonyl (C=O) groups is 1. The first-order valence-electron chi connectivity index (χ1n) is 7.04. The molecule has 1 aromatic rings. The van der Waals surface area contributed by atoms with Gasteiger partial charge in [-0.05, 0) is 38.0 Å². The zero-order valence-corrected chi connectivity index (χ0v) is 12.0. The summed E-state index contributed by atoms with van der Waals surface area (Å²) in [4.78, 5) is 13.7. The van der Waals surface area contributed by atoms with E-state index in [1.165, 1.54) is 4.90 Å². The summed E-state index contributed by atoms with van der Waals surface area (Å²) in [6.45, 7) is 2.33. The molecule has 0 aromatic heterocycles. The monoisotopic (exact) mass is 319 g/mol. The third-order valence-corrected chi connectivity index (χ3v) is 3.95. The number of nitrogens with zero attached hydrogens (tertiary/aromatic N) is 1. The van der Waals surface area contributed by atoms with E-state index in [1.807, 2.05) is 0 Å². The maximum atomic E-state index is 13.3. The van der Waals surface area contributed by atoms with Crippen molar-refractivity contribution in [3.63, 3.8) is 0 Å². The Morgan fingerprint density at radius 3 is 2.68 bits per heavy atom. The Balaban J connectivity index is 2.23. The minimum atomic E-state index is -4.84. The van der Waals surface area contributed by atoms with Gasteiger partial charge in [0, 0.05) is 24.6 Å². The molecule has 2 unspecified atom stereocenters. The predicted octanol–water partition coefficient (Wildman–Crippen LogP) is 3.08. The summed E-state index contributed by atoms with van der Waals surface area (Å²) in [5, 5.41) is 9.60. The molecule has 1 heterocycles. The van der Waals surface area contributed by atoms with Crippen LogP contribution < -0.4 is 0 Å². The summed E-state index contributed by atoms with van der Waals surface area (Å²) < 4.78 is 51.4. The van der Waals surface area contributed by atoms with E-state index in [4.69, 9.17) is 0 Å². The van der Waals surface area contributed by atoms with Crippen LogP contribution in [-0.4, -0.2) is 35.1 Å². The topological polar surface area (TPSA) is 40.5 Å². The Hall–Kier alpha value is -1.63. The van der Waals surface area contributed by atoms with Gasteiger partial charge in [-0.2, -0.15) is 13.2 Å². The Morgan fingerprint density at radius 2 is 2.09 bits per heavy atom. The summed E-state index contributed by atoms with van der Waals surface area (Å²) in [6.07, 6.45) is -3.99. The number of halogens is 4. The molecule has 1 aromatic carbocycles. The van der Waals surface area contributed by atoms with E-state index in [1.54, 1.807) is 6.92 Å². The number of aliphatic hydroxyl groups is 1. The number of rotatable bonds is 2. The van der Waals surface area contributed by atoms with Crippen molar-refractivity contribution in [1.82, 2.24) is 4.90 Å². The van der Waals surface area contributed by atoms with Gasteiger partial charge in [0.15, 0.2) is 0 Å². The van der Waals surface area contributed by atoms with Gasteiger partial charge in [-0.15, -0.1) is 0 Å². The Morgan fingerprint density at radius 1 is 1.41 bits per heavy atom. The van der Waals surface area contributed by atoms with E-state index in [0.717, 1.165) is 12.5 Å². The molecule has 2 atom stereocenters. The van der Waals surface area contributed by atoms with Crippen LogP contribution in [0.4, 0.5) is 17.6 Å². The highest BCUT2D eigenvalue weighted by molar-refractivity contribution is 5.94. The van der Waals surface area contributed by atoms with Crippen LogP contribution >= 0.6 is 0 Å². The second-order valence-electron chi connectivity index (χ2n) is 5.59. The van der Waals surface area contributed by atoms with Crippen LogP contribution in [-0.2, 0) is 6.18 Å². The highest BCUT2D eigenvalue weighted by Crippen LogP contribution is 2.32. The summed E-state index contributed by atoms with van der Waals surface area (Å²) in [5.41, 5.74) is -1.64. The number of hydrogen-bond acceptors (Lipinski definition) is 2. The van der Waals surface area contributed by atoms with Crippen LogP contribution in [0.2, 0.25) is 0 Å². The Kier molecular flexibility index (Phi) is 4.75. The van der Waals surface area contributed by atoms with Crippen molar-refractivity contribution in [2.75, 3.05) is 13.1 Å². The average molecular weight is 319 g/mol. The molecule has 2 rings (SSSR count). The van der Waals surface area contributed by atoms with Crippen LogP contribution in [0.15, 0.2) is 18.2 Å². The van der Waals surface area contributed by atoms with Gasteiger partial charge in [0.25, 0.3) is 5.91 Å². The highest BCUT2D eigenvalue weighted by atomic mass is 19.4. The summed E-state index contributed by atoms with van der Waals surface area (Å²) in [5.74, 6) is -2.07. The average Bonchev–Trinajstić information content (AvgIpc) is 2.46. The van der Waals surface area contributed by atoms with Gasteiger partial charge in [0.1, 0.15) is 5.82 Å². The standard InChI is InChI=1S/C15H17F4NO2/c1-9(21)11-3-2-6-20(8-11)14(22)10-4-5-13(16)12(7-10)15(17,18)19/h4-5,7,9,11,21H,2-3,6,8H2,1H3. The van der Waals surface area contributed by atoms with Gasteiger partial charge in [-0.3, -0.25) is 4.79 Å². The number of benzene rings is 1. The molecule has 1 N–H and O–H groups in total. The van der Waals surface area contributed by atoms with Crippen molar-refractivity contribution in [2.45, 2.75) is 32.0 Å². The molecule has 0 bridgehead atoms. The van der Waals surface area contributed by atoms with Gasteiger partial charge in [-0.25, -0.2) is 4.39 Å². The lowest BCUT2D eigenvalue weighted by Crippen LogP contribution is -2.43. The first kappa shape index (κ1) is 16.7. The molecule has 1 amide bonds. The molecule has 3 nitrogen and oxygen atoms in total. The number of likely N-dealkylation sites (tertiary alicyclic amines) is 1. The van der Waals surface area contributed by atoms with Crippen molar-refractivity contribution < 1.29 is 27.5 Å². The van der Waals surface area contributed by atoms with Crippen molar-refractivity contribution in [3.8, 4) is 0 Å². The van der Waals surface area contributed by atoms with Crippen LogP contribution in [0.1, 0.15) is 35.7 Å². The zero-order chi connectivity index (χ0) is 16.5. The molecular weight excluding hydrogens is 302 g/mol.